The summed E-state index contributed by atoms with van der Waals surface area (Å²) in [7, 11) is 3.02. The highest BCUT2D eigenvalue weighted by Crippen LogP contribution is 2.34. The number of carboxylic acids is 2. The number of anilines is 1. The fraction of sp³-hybridized carbons (Fsp3) is 0.412. The lowest BCUT2D eigenvalue weighted by Gasteiger charge is -2.31. The summed E-state index contributed by atoms with van der Waals surface area (Å²) >= 11 is 5.88. The zero-order valence-corrected chi connectivity index (χ0v) is 21.8. The molecule has 0 aliphatic heterocycles. The Hall–Kier alpha value is -0.710. The summed E-state index contributed by atoms with van der Waals surface area (Å²) in [5.74, 6) is -2.79. The van der Waals surface area contributed by atoms with Crippen molar-refractivity contribution in [3.8, 4) is 0 Å². The topological polar surface area (TPSA) is 115 Å². The van der Waals surface area contributed by atoms with E-state index in [0.29, 0.717) is 16.4 Å². The molecule has 0 radical (unpaired) electrons. The summed E-state index contributed by atoms with van der Waals surface area (Å²) in [6.45, 7) is 1.33. The summed E-state index contributed by atoms with van der Waals surface area (Å²) in [4.78, 5) is 50.0. The van der Waals surface area contributed by atoms with E-state index < -0.39 is 23.9 Å². The number of carbonyl (C=O) groups is 4. The van der Waals surface area contributed by atoms with Crippen molar-refractivity contribution in [3.05, 3.63) is 22.3 Å². The van der Waals surface area contributed by atoms with Crippen molar-refractivity contribution in [1.29, 1.82) is 0 Å². The van der Waals surface area contributed by atoms with Crippen LogP contribution in [0.2, 0.25) is 0 Å². The second-order valence-corrected chi connectivity index (χ2v) is 9.42. The van der Waals surface area contributed by atoms with Gasteiger partial charge in [-0.25, -0.2) is 4.79 Å². The van der Waals surface area contributed by atoms with Gasteiger partial charge < -0.3 is 20.0 Å². The Morgan fingerprint density at radius 1 is 1.07 bits per heavy atom. The van der Waals surface area contributed by atoms with E-state index in [0.717, 1.165) is 0 Å². The Bertz CT molecular complexity index is 815. The first-order valence-electron chi connectivity index (χ1n) is 8.03. The average Bonchev–Trinajstić information content (AvgIpc) is 2.56. The maximum absolute atomic E-state index is 13.2. The molecule has 1 aromatic carbocycles. The van der Waals surface area contributed by atoms with Crippen LogP contribution in [0, 0.1) is 10.7 Å². The first kappa shape index (κ1) is 25.3. The maximum Gasteiger partial charge on any atom is 0.337 e. The molecule has 1 unspecified atom stereocenters. The summed E-state index contributed by atoms with van der Waals surface area (Å²) in [6.07, 6.45) is 0.314. The van der Waals surface area contributed by atoms with Gasteiger partial charge in [0.05, 0.1) is 14.8 Å². The van der Waals surface area contributed by atoms with Crippen molar-refractivity contribution in [1.82, 2.24) is 4.90 Å². The number of rotatable bonds is 8. The van der Waals surface area contributed by atoms with Gasteiger partial charge in [0.15, 0.2) is 0 Å². The molecule has 0 heterocycles. The van der Waals surface area contributed by atoms with Gasteiger partial charge in [-0.15, -0.1) is 0 Å². The van der Waals surface area contributed by atoms with E-state index in [1.165, 1.54) is 30.8 Å². The van der Waals surface area contributed by atoms with Crippen LogP contribution in [0.25, 0.3) is 0 Å². The van der Waals surface area contributed by atoms with E-state index in [2.05, 4.69) is 0 Å². The molecule has 1 atom stereocenters. The Kier molecular flexibility index (Phi) is 9.85. The molecular formula is C17H19I3N2O6. The van der Waals surface area contributed by atoms with Gasteiger partial charge in [0.25, 0.3) is 0 Å². The van der Waals surface area contributed by atoms with Crippen molar-refractivity contribution < 1.29 is 29.4 Å². The van der Waals surface area contributed by atoms with Gasteiger partial charge in [0.2, 0.25) is 11.8 Å². The molecule has 0 spiro atoms. The van der Waals surface area contributed by atoms with E-state index >= 15 is 0 Å². The van der Waals surface area contributed by atoms with Crippen LogP contribution in [0.4, 0.5) is 5.69 Å². The lowest BCUT2D eigenvalue weighted by molar-refractivity contribution is -0.138. The minimum atomic E-state index is -1.09. The Balaban J connectivity index is 3.33. The fourth-order valence-electron chi connectivity index (χ4n) is 2.57. The molecule has 2 amide bonds. The van der Waals surface area contributed by atoms with Crippen LogP contribution in [-0.4, -0.2) is 59.0 Å². The highest BCUT2D eigenvalue weighted by Gasteiger charge is 2.31. The number of aromatic carboxylic acids is 1. The summed E-state index contributed by atoms with van der Waals surface area (Å²) < 4.78 is 1.68. The minimum Gasteiger partial charge on any atom is -0.481 e. The number of amides is 2. The molecular weight excluding hydrogens is 709 g/mol. The molecule has 1 rings (SSSR count). The van der Waals surface area contributed by atoms with Gasteiger partial charge in [-0.3, -0.25) is 14.4 Å². The summed E-state index contributed by atoms with van der Waals surface area (Å²) in [5, 5.41) is 18.3. The number of carbonyl (C=O) groups excluding carboxylic acids is 2. The van der Waals surface area contributed by atoms with Crippen LogP contribution in [-0.2, 0) is 14.4 Å². The molecule has 28 heavy (non-hydrogen) atoms. The largest absolute Gasteiger partial charge is 0.481 e. The van der Waals surface area contributed by atoms with Crippen LogP contribution < -0.4 is 4.90 Å². The predicted molar refractivity (Wildman–Crippen MR) is 129 cm³/mol. The highest BCUT2D eigenvalue weighted by atomic mass is 127. The van der Waals surface area contributed by atoms with Crippen LogP contribution in [0.5, 0.6) is 0 Å². The fourth-order valence-corrected chi connectivity index (χ4v) is 7.12. The molecule has 0 saturated heterocycles. The molecule has 0 bridgehead atoms. The Morgan fingerprint density at radius 2 is 1.64 bits per heavy atom. The third-order valence-corrected chi connectivity index (χ3v) is 6.87. The third-order valence-electron chi connectivity index (χ3n) is 4.14. The van der Waals surface area contributed by atoms with E-state index in [1.807, 2.05) is 67.8 Å². The highest BCUT2D eigenvalue weighted by molar-refractivity contribution is 14.1. The van der Waals surface area contributed by atoms with E-state index in [-0.39, 0.29) is 30.7 Å². The smallest absolute Gasteiger partial charge is 0.337 e. The van der Waals surface area contributed by atoms with Crippen molar-refractivity contribution in [2.45, 2.75) is 32.2 Å². The SMILES string of the molecule is CC(=O)N(C)C(CCCC(=O)O)C(=O)N(C)c1c(I)cc(I)c(C(=O)O)c1I. The quantitative estimate of drug-likeness (QED) is 0.398. The molecule has 0 aliphatic rings. The van der Waals surface area contributed by atoms with Gasteiger partial charge in [-0.2, -0.15) is 0 Å². The summed E-state index contributed by atoms with van der Waals surface area (Å²) in [6, 6.07) is 0.834. The van der Waals surface area contributed by atoms with E-state index in [9.17, 15) is 24.3 Å². The number of likely N-dealkylation sites (N-methyl/N-ethyl adjacent to an activating group) is 2. The van der Waals surface area contributed by atoms with Gasteiger partial charge in [-0.05, 0) is 86.7 Å². The number of hydrogen-bond acceptors (Lipinski definition) is 4. The number of halogens is 3. The molecule has 0 fully saturated rings. The molecule has 0 aliphatic carbocycles. The monoisotopic (exact) mass is 728 g/mol. The van der Waals surface area contributed by atoms with E-state index in [1.54, 1.807) is 6.07 Å². The number of nitrogens with zero attached hydrogens (tertiary/aromatic N) is 2. The zero-order valence-electron chi connectivity index (χ0n) is 15.3. The second kappa shape index (κ2) is 10.9. The Labute approximate surface area is 203 Å². The lowest BCUT2D eigenvalue weighted by Crippen LogP contribution is -2.48. The molecule has 8 nitrogen and oxygen atoms in total. The molecule has 2 N–H and O–H groups in total. The Morgan fingerprint density at radius 3 is 2.11 bits per heavy atom. The van der Waals surface area contributed by atoms with E-state index in [4.69, 9.17) is 5.11 Å². The number of carboxylic acid groups (broad SMARTS) is 2. The van der Waals surface area contributed by atoms with Crippen LogP contribution in [0.15, 0.2) is 6.07 Å². The van der Waals surface area contributed by atoms with Crippen LogP contribution >= 0.6 is 67.8 Å². The molecule has 1 aromatic rings. The number of hydrogen-bond donors (Lipinski definition) is 2. The van der Waals surface area contributed by atoms with Crippen molar-refractivity contribution >= 4 is 97.2 Å². The third kappa shape index (κ3) is 6.14. The second-order valence-electron chi connectivity index (χ2n) is 6.01. The molecule has 0 aromatic heterocycles. The molecule has 11 heteroatoms. The molecule has 154 valence electrons. The van der Waals surface area contributed by atoms with Crippen molar-refractivity contribution in [2.24, 2.45) is 0 Å². The van der Waals surface area contributed by atoms with Crippen LogP contribution in [0.3, 0.4) is 0 Å². The van der Waals surface area contributed by atoms with Gasteiger partial charge in [-0.1, -0.05) is 0 Å². The van der Waals surface area contributed by atoms with Gasteiger partial charge >= 0.3 is 11.9 Å². The van der Waals surface area contributed by atoms with Gasteiger partial charge in [0, 0.05) is 34.6 Å². The predicted octanol–water partition coefficient (Wildman–Crippen LogP) is 3.26. The van der Waals surface area contributed by atoms with Crippen LogP contribution in [0.1, 0.15) is 36.5 Å². The maximum atomic E-state index is 13.2. The van der Waals surface area contributed by atoms with Gasteiger partial charge in [0.1, 0.15) is 6.04 Å². The number of benzene rings is 1. The number of aliphatic carboxylic acids is 1. The van der Waals surface area contributed by atoms with Crippen molar-refractivity contribution in [2.75, 3.05) is 19.0 Å². The molecule has 0 saturated carbocycles. The minimum absolute atomic E-state index is 0.110. The normalized spacial score (nSPS) is 11.6. The standard InChI is InChI=1S/C17H19I3N2O6/c1-8(23)21(2)11(5-4-6-12(24)25)16(26)22(3)15-10(19)7-9(18)13(14(15)20)17(27)28/h7,11H,4-6H2,1-3H3,(H,24,25)(H,27,28). The first-order valence-corrected chi connectivity index (χ1v) is 11.3. The first-order chi connectivity index (χ1) is 12.9. The lowest BCUT2D eigenvalue weighted by atomic mass is 10.1. The zero-order chi connectivity index (χ0) is 21.8. The van der Waals surface area contributed by atoms with Crippen molar-refractivity contribution in [3.63, 3.8) is 0 Å². The summed E-state index contributed by atoms with van der Waals surface area (Å²) in [5.41, 5.74) is 0.558. The average molecular weight is 728 g/mol.